The maximum Gasteiger partial charge on any atom is 0.228 e. The number of fused-ring (bicyclic) bond motifs is 3. The van der Waals surface area contributed by atoms with Crippen LogP contribution >= 0.6 is 23.2 Å². The van der Waals surface area contributed by atoms with Crippen molar-refractivity contribution >= 4 is 29.2 Å². The van der Waals surface area contributed by atoms with Crippen molar-refractivity contribution in [1.82, 2.24) is 25.0 Å². The highest BCUT2D eigenvalue weighted by Gasteiger charge is 2.41. The van der Waals surface area contributed by atoms with Gasteiger partial charge in [-0.25, -0.2) is 14.6 Å². The molecule has 0 radical (unpaired) electrons. The molecule has 2 aromatic heterocycles. The normalized spacial score (nSPS) is 21.5. The molecule has 0 spiro atoms. The molecule has 0 aliphatic carbocycles. The highest BCUT2D eigenvalue weighted by atomic mass is 35.5. The van der Waals surface area contributed by atoms with Crippen LogP contribution in [0.1, 0.15) is 11.7 Å². The molecule has 1 aromatic carbocycles. The van der Waals surface area contributed by atoms with Gasteiger partial charge in [-0.15, -0.1) is 5.10 Å². The van der Waals surface area contributed by atoms with Crippen molar-refractivity contribution in [3.8, 4) is 11.3 Å². The minimum Gasteiger partial charge on any atom is -0.368 e. The molecule has 1 saturated heterocycles. The quantitative estimate of drug-likeness (QED) is 0.628. The number of benzene rings is 1. The molecule has 2 atom stereocenters. The molecule has 3 aromatic rings. The summed E-state index contributed by atoms with van der Waals surface area (Å²) in [5.74, 6) is 0.505. The topological polar surface area (TPSA) is 69.0 Å². The summed E-state index contributed by atoms with van der Waals surface area (Å²) < 4.78 is 8.07. The molecule has 0 bridgehead atoms. The third kappa shape index (κ3) is 2.63. The van der Waals surface area contributed by atoms with E-state index >= 15 is 0 Å². The van der Waals surface area contributed by atoms with Gasteiger partial charge in [0.25, 0.3) is 0 Å². The van der Waals surface area contributed by atoms with Gasteiger partial charge in [0.2, 0.25) is 5.95 Å². The predicted octanol–water partition coefficient (Wildman–Crippen LogP) is 3.00. The Morgan fingerprint density at radius 2 is 1.81 bits per heavy atom. The van der Waals surface area contributed by atoms with E-state index in [2.05, 4.69) is 20.3 Å². The van der Waals surface area contributed by atoms with Gasteiger partial charge in [-0.05, 0) is 0 Å². The van der Waals surface area contributed by atoms with Crippen LogP contribution in [0.25, 0.3) is 11.3 Å². The molecule has 7 nitrogen and oxygen atoms in total. The van der Waals surface area contributed by atoms with Crippen LogP contribution in [0.15, 0.2) is 36.4 Å². The van der Waals surface area contributed by atoms with Crippen LogP contribution in [-0.4, -0.2) is 44.2 Å². The molecule has 0 N–H and O–H groups in total. The fourth-order valence-electron chi connectivity index (χ4n) is 3.56. The lowest BCUT2D eigenvalue weighted by molar-refractivity contribution is -0.00227. The largest absolute Gasteiger partial charge is 0.368 e. The molecule has 9 heteroatoms. The Morgan fingerprint density at radius 3 is 2.58 bits per heavy atom. The second-order valence-corrected chi connectivity index (χ2v) is 7.11. The number of hydrogen-bond donors (Lipinski definition) is 0. The average molecular weight is 389 g/mol. The molecule has 0 unspecified atom stereocenters. The number of anilines is 1. The second-order valence-electron chi connectivity index (χ2n) is 6.33. The summed E-state index contributed by atoms with van der Waals surface area (Å²) in [4.78, 5) is 10.6. The van der Waals surface area contributed by atoms with E-state index in [1.165, 1.54) is 6.07 Å². The number of halogens is 2. The van der Waals surface area contributed by atoms with Crippen LogP contribution in [0.3, 0.4) is 0 Å². The van der Waals surface area contributed by atoms with Gasteiger partial charge in [0.1, 0.15) is 16.0 Å². The maximum absolute atomic E-state index is 6.10. The molecule has 5 rings (SSSR count). The molecule has 0 amide bonds. The van der Waals surface area contributed by atoms with E-state index in [1.807, 2.05) is 39.9 Å². The molecular formula is C17H14Cl2N6O. The lowest BCUT2D eigenvalue weighted by atomic mass is 10.1. The molecule has 2 aliphatic rings. The number of aromatic nitrogens is 5. The molecular weight excluding hydrogens is 375 g/mol. The number of rotatable bonds is 2. The Bertz CT molecular complexity index is 943. The van der Waals surface area contributed by atoms with Gasteiger partial charge in [0.15, 0.2) is 0 Å². The zero-order valence-electron chi connectivity index (χ0n) is 13.6. The van der Waals surface area contributed by atoms with Gasteiger partial charge in [-0.2, -0.15) is 0 Å². The van der Waals surface area contributed by atoms with E-state index in [9.17, 15) is 0 Å². The van der Waals surface area contributed by atoms with Crippen LogP contribution in [-0.2, 0) is 11.3 Å². The van der Waals surface area contributed by atoms with Crippen LogP contribution in [0, 0.1) is 0 Å². The van der Waals surface area contributed by atoms with Crippen LogP contribution < -0.4 is 4.90 Å². The summed E-state index contributed by atoms with van der Waals surface area (Å²) in [6.07, 6.45) is -0.00539. The van der Waals surface area contributed by atoms with E-state index < -0.39 is 0 Å². The molecule has 1 fully saturated rings. The SMILES string of the molecule is Clc1cc(Cl)nc(N2C[C@@H]3[C@@H](C2)OCc2c(-c4ccccc4)nnn23)n1. The van der Waals surface area contributed by atoms with Gasteiger partial charge in [0.05, 0.1) is 24.4 Å². The van der Waals surface area contributed by atoms with Crippen molar-refractivity contribution in [3.63, 3.8) is 0 Å². The average Bonchev–Trinajstić information content (AvgIpc) is 3.25. The van der Waals surface area contributed by atoms with E-state index in [0.29, 0.717) is 36.0 Å². The summed E-state index contributed by atoms with van der Waals surface area (Å²) in [6, 6.07) is 11.6. The molecule has 132 valence electrons. The van der Waals surface area contributed by atoms with Crippen molar-refractivity contribution in [2.45, 2.75) is 18.8 Å². The standard InChI is InChI=1S/C17H14Cl2N6O/c18-14-6-15(19)21-17(20-14)24-7-11-13(8-24)26-9-12-16(22-23-25(11)12)10-4-2-1-3-5-10/h1-6,11,13H,7-9H2/t11-,13-/m1/s1. The third-order valence-electron chi connectivity index (χ3n) is 4.76. The van der Waals surface area contributed by atoms with Gasteiger partial charge in [-0.3, -0.25) is 0 Å². The lowest BCUT2D eigenvalue weighted by Gasteiger charge is -2.26. The Kier molecular flexibility index (Phi) is 3.81. The van der Waals surface area contributed by atoms with E-state index in [-0.39, 0.29) is 12.1 Å². The number of ether oxygens (including phenoxy) is 1. The van der Waals surface area contributed by atoms with E-state index in [0.717, 1.165) is 17.0 Å². The molecule has 26 heavy (non-hydrogen) atoms. The first-order valence-corrected chi connectivity index (χ1v) is 9.01. The van der Waals surface area contributed by atoms with Gasteiger partial charge in [0, 0.05) is 24.7 Å². The smallest absolute Gasteiger partial charge is 0.228 e. The van der Waals surface area contributed by atoms with Crippen molar-refractivity contribution in [3.05, 3.63) is 52.4 Å². The minimum absolute atomic E-state index is 0.00539. The van der Waals surface area contributed by atoms with Crippen LogP contribution in [0.5, 0.6) is 0 Å². The summed E-state index contributed by atoms with van der Waals surface area (Å²) in [5.41, 5.74) is 2.89. The first kappa shape index (κ1) is 16.0. The Morgan fingerprint density at radius 1 is 1.04 bits per heavy atom. The van der Waals surface area contributed by atoms with Gasteiger partial charge < -0.3 is 9.64 Å². The zero-order valence-corrected chi connectivity index (χ0v) is 15.1. The molecule has 2 aliphatic heterocycles. The van der Waals surface area contributed by atoms with Crippen LogP contribution in [0.2, 0.25) is 10.3 Å². The predicted molar refractivity (Wildman–Crippen MR) is 97.3 cm³/mol. The van der Waals surface area contributed by atoms with Crippen molar-refractivity contribution in [2.75, 3.05) is 18.0 Å². The highest BCUT2D eigenvalue weighted by Crippen LogP contribution is 2.35. The highest BCUT2D eigenvalue weighted by molar-refractivity contribution is 6.33. The Hall–Kier alpha value is -2.22. The zero-order chi connectivity index (χ0) is 17.7. The second kappa shape index (κ2) is 6.19. The Balaban J connectivity index is 1.47. The maximum atomic E-state index is 6.10. The minimum atomic E-state index is -0.00539. The van der Waals surface area contributed by atoms with E-state index in [4.69, 9.17) is 27.9 Å². The fraction of sp³-hybridized carbons (Fsp3) is 0.294. The summed E-state index contributed by atoms with van der Waals surface area (Å²) in [5, 5.41) is 9.45. The van der Waals surface area contributed by atoms with Crippen LogP contribution in [0.4, 0.5) is 5.95 Å². The number of hydrogen-bond acceptors (Lipinski definition) is 6. The monoisotopic (exact) mass is 388 g/mol. The fourth-order valence-corrected chi connectivity index (χ4v) is 3.97. The van der Waals surface area contributed by atoms with E-state index in [1.54, 1.807) is 0 Å². The van der Waals surface area contributed by atoms with Crippen molar-refractivity contribution in [1.29, 1.82) is 0 Å². The Labute approximate surface area is 159 Å². The van der Waals surface area contributed by atoms with Gasteiger partial charge in [-0.1, -0.05) is 58.7 Å². The lowest BCUT2D eigenvalue weighted by Crippen LogP contribution is -2.32. The third-order valence-corrected chi connectivity index (χ3v) is 5.15. The molecule has 4 heterocycles. The first-order chi connectivity index (χ1) is 12.7. The van der Waals surface area contributed by atoms with Gasteiger partial charge >= 0.3 is 0 Å². The number of nitrogens with zero attached hydrogens (tertiary/aromatic N) is 6. The summed E-state index contributed by atoms with van der Waals surface area (Å²) >= 11 is 12.0. The van der Waals surface area contributed by atoms with Crippen molar-refractivity contribution < 1.29 is 4.74 Å². The summed E-state index contributed by atoms with van der Waals surface area (Å²) in [7, 11) is 0. The first-order valence-electron chi connectivity index (χ1n) is 8.25. The molecule has 0 saturated carbocycles. The summed E-state index contributed by atoms with van der Waals surface area (Å²) in [6.45, 7) is 1.79. The van der Waals surface area contributed by atoms with Crippen molar-refractivity contribution in [2.24, 2.45) is 0 Å².